The van der Waals surface area contributed by atoms with Gasteiger partial charge < -0.3 is 10.2 Å². The van der Waals surface area contributed by atoms with E-state index in [1.165, 1.54) is 6.07 Å². The maximum atomic E-state index is 13.3. The van der Waals surface area contributed by atoms with Gasteiger partial charge in [-0.25, -0.2) is 14.2 Å². The Morgan fingerprint density at radius 2 is 2.08 bits per heavy atom. The van der Waals surface area contributed by atoms with Gasteiger partial charge in [-0.1, -0.05) is 24.3 Å². The molecule has 0 atom stereocenters. The van der Waals surface area contributed by atoms with Gasteiger partial charge in [0.05, 0.1) is 16.8 Å². The van der Waals surface area contributed by atoms with Crippen LogP contribution in [0.3, 0.4) is 0 Å². The third-order valence-electron chi connectivity index (χ3n) is 3.72. The molecule has 1 aromatic heterocycles. The highest BCUT2D eigenvalue weighted by Crippen LogP contribution is 2.22. The monoisotopic (exact) mass is 343 g/mol. The summed E-state index contributed by atoms with van der Waals surface area (Å²) >= 11 is 1.59. The smallest absolute Gasteiger partial charge is 0.317 e. The van der Waals surface area contributed by atoms with Crippen molar-refractivity contribution >= 4 is 27.6 Å². The van der Waals surface area contributed by atoms with Gasteiger partial charge in [0, 0.05) is 13.6 Å². The zero-order valence-corrected chi connectivity index (χ0v) is 14.4. The van der Waals surface area contributed by atoms with E-state index >= 15 is 0 Å². The van der Waals surface area contributed by atoms with Gasteiger partial charge >= 0.3 is 6.03 Å². The first-order valence-corrected chi connectivity index (χ1v) is 8.43. The van der Waals surface area contributed by atoms with Crippen molar-refractivity contribution in [2.75, 3.05) is 7.05 Å². The van der Waals surface area contributed by atoms with Gasteiger partial charge in [0.1, 0.15) is 10.8 Å². The number of halogens is 1. The molecule has 0 aliphatic rings. The van der Waals surface area contributed by atoms with Crippen LogP contribution in [-0.2, 0) is 13.1 Å². The van der Waals surface area contributed by atoms with E-state index in [1.54, 1.807) is 42.3 Å². The molecule has 2 amide bonds. The van der Waals surface area contributed by atoms with Crippen molar-refractivity contribution in [1.82, 2.24) is 15.2 Å². The highest BCUT2D eigenvalue weighted by molar-refractivity contribution is 7.18. The number of aromatic nitrogens is 1. The van der Waals surface area contributed by atoms with Crippen LogP contribution in [-0.4, -0.2) is 23.0 Å². The minimum absolute atomic E-state index is 0.184. The van der Waals surface area contributed by atoms with Crippen LogP contribution in [0.2, 0.25) is 0 Å². The molecule has 1 heterocycles. The number of hydrogen-bond donors (Lipinski definition) is 1. The van der Waals surface area contributed by atoms with E-state index in [0.717, 1.165) is 20.8 Å². The standard InChI is InChI=1S/C18H18FN3OS/c1-12-9-13(7-8-14(12)19)10-20-18(23)22(2)11-17-21-15-5-3-4-6-16(15)24-17/h3-9H,10-11H2,1-2H3,(H,20,23). The first kappa shape index (κ1) is 16.4. The molecule has 1 N–H and O–H groups in total. The summed E-state index contributed by atoms with van der Waals surface area (Å²) in [7, 11) is 1.73. The number of amides is 2. The van der Waals surface area contributed by atoms with Gasteiger partial charge in [0.2, 0.25) is 0 Å². The molecular weight excluding hydrogens is 325 g/mol. The van der Waals surface area contributed by atoms with Gasteiger partial charge in [-0.2, -0.15) is 0 Å². The molecule has 0 bridgehead atoms. The molecule has 3 rings (SSSR count). The summed E-state index contributed by atoms with van der Waals surface area (Å²) < 4.78 is 14.4. The quantitative estimate of drug-likeness (QED) is 0.776. The lowest BCUT2D eigenvalue weighted by Gasteiger charge is -2.16. The lowest BCUT2D eigenvalue weighted by Crippen LogP contribution is -2.36. The Hall–Kier alpha value is -2.47. The van der Waals surface area contributed by atoms with E-state index in [0.29, 0.717) is 18.7 Å². The molecule has 4 nitrogen and oxygen atoms in total. The molecular formula is C18H18FN3OS. The summed E-state index contributed by atoms with van der Waals surface area (Å²) in [5.41, 5.74) is 2.40. The van der Waals surface area contributed by atoms with Crippen LogP contribution >= 0.6 is 11.3 Å². The summed E-state index contributed by atoms with van der Waals surface area (Å²) in [6.45, 7) is 2.53. The molecule has 0 saturated heterocycles. The highest BCUT2D eigenvalue weighted by Gasteiger charge is 2.12. The summed E-state index contributed by atoms with van der Waals surface area (Å²) in [6.07, 6.45) is 0. The van der Waals surface area contributed by atoms with Gasteiger partial charge in [0.25, 0.3) is 0 Å². The Bertz CT molecular complexity index is 845. The fourth-order valence-electron chi connectivity index (χ4n) is 2.39. The largest absolute Gasteiger partial charge is 0.334 e. The maximum Gasteiger partial charge on any atom is 0.317 e. The summed E-state index contributed by atoms with van der Waals surface area (Å²) in [4.78, 5) is 18.3. The molecule has 0 aliphatic heterocycles. The molecule has 0 fully saturated rings. The number of carbonyl (C=O) groups excluding carboxylic acids is 1. The van der Waals surface area contributed by atoms with Crippen LogP contribution < -0.4 is 5.32 Å². The second-order valence-corrected chi connectivity index (χ2v) is 6.79. The zero-order valence-electron chi connectivity index (χ0n) is 13.5. The number of benzene rings is 2. The number of hydrogen-bond acceptors (Lipinski definition) is 3. The predicted octanol–water partition coefficient (Wildman–Crippen LogP) is 4.09. The van der Waals surface area contributed by atoms with Gasteiger partial charge in [-0.05, 0) is 36.2 Å². The van der Waals surface area contributed by atoms with Crippen molar-refractivity contribution in [1.29, 1.82) is 0 Å². The van der Waals surface area contributed by atoms with E-state index in [4.69, 9.17) is 0 Å². The second-order valence-electron chi connectivity index (χ2n) is 5.67. The number of rotatable bonds is 4. The molecule has 2 aromatic carbocycles. The molecule has 0 radical (unpaired) electrons. The van der Waals surface area contributed by atoms with Crippen molar-refractivity contribution in [2.24, 2.45) is 0 Å². The van der Waals surface area contributed by atoms with Crippen LogP contribution in [0.5, 0.6) is 0 Å². The molecule has 0 saturated carbocycles. The van der Waals surface area contributed by atoms with Crippen LogP contribution in [0, 0.1) is 12.7 Å². The fraction of sp³-hybridized carbons (Fsp3) is 0.222. The molecule has 3 aromatic rings. The minimum Gasteiger partial charge on any atom is -0.334 e. The topological polar surface area (TPSA) is 45.2 Å². The van der Waals surface area contributed by atoms with Crippen LogP contribution in [0.25, 0.3) is 10.2 Å². The molecule has 124 valence electrons. The molecule has 0 unspecified atom stereocenters. The Morgan fingerprint density at radius 3 is 2.83 bits per heavy atom. The first-order valence-electron chi connectivity index (χ1n) is 7.61. The van der Waals surface area contributed by atoms with E-state index in [1.807, 2.05) is 24.3 Å². The van der Waals surface area contributed by atoms with Crippen molar-refractivity contribution in [3.05, 3.63) is 64.4 Å². The van der Waals surface area contributed by atoms with E-state index in [2.05, 4.69) is 10.3 Å². The maximum absolute atomic E-state index is 13.3. The highest BCUT2D eigenvalue weighted by atomic mass is 32.1. The van der Waals surface area contributed by atoms with Gasteiger partial charge in [0.15, 0.2) is 0 Å². The van der Waals surface area contributed by atoms with Crippen molar-refractivity contribution < 1.29 is 9.18 Å². The lowest BCUT2D eigenvalue weighted by atomic mass is 10.1. The van der Waals surface area contributed by atoms with Crippen molar-refractivity contribution in [3.8, 4) is 0 Å². The Morgan fingerprint density at radius 1 is 1.29 bits per heavy atom. The number of urea groups is 1. The number of fused-ring (bicyclic) bond motifs is 1. The third kappa shape index (κ3) is 3.71. The van der Waals surface area contributed by atoms with E-state index in [-0.39, 0.29) is 11.8 Å². The molecule has 6 heteroatoms. The predicted molar refractivity (Wildman–Crippen MR) is 94.5 cm³/mol. The SMILES string of the molecule is Cc1cc(CNC(=O)N(C)Cc2nc3ccccc3s2)ccc1F. The molecule has 0 spiro atoms. The Kier molecular flexibility index (Phi) is 4.76. The van der Waals surface area contributed by atoms with E-state index in [9.17, 15) is 9.18 Å². The average Bonchev–Trinajstić information content (AvgIpc) is 2.97. The number of nitrogens with one attached hydrogen (secondary N) is 1. The van der Waals surface area contributed by atoms with E-state index < -0.39 is 0 Å². The van der Waals surface area contributed by atoms with Crippen LogP contribution in [0.4, 0.5) is 9.18 Å². The Balaban J connectivity index is 1.58. The number of carbonyl (C=O) groups is 1. The summed E-state index contributed by atoms with van der Waals surface area (Å²) in [5.74, 6) is -0.238. The number of thiazole rings is 1. The molecule has 24 heavy (non-hydrogen) atoms. The zero-order chi connectivity index (χ0) is 17.1. The Labute approximate surface area is 143 Å². The number of aryl methyl sites for hydroxylation is 1. The normalized spacial score (nSPS) is 10.8. The fourth-order valence-corrected chi connectivity index (χ4v) is 3.41. The summed E-state index contributed by atoms with van der Waals surface area (Å²) in [6, 6.07) is 12.6. The van der Waals surface area contributed by atoms with Gasteiger partial charge in [-0.15, -0.1) is 11.3 Å². The lowest BCUT2D eigenvalue weighted by molar-refractivity contribution is 0.206. The molecule has 0 aliphatic carbocycles. The average molecular weight is 343 g/mol. The van der Waals surface area contributed by atoms with Crippen LogP contribution in [0.15, 0.2) is 42.5 Å². The van der Waals surface area contributed by atoms with Crippen molar-refractivity contribution in [2.45, 2.75) is 20.0 Å². The number of para-hydroxylation sites is 1. The van der Waals surface area contributed by atoms with Crippen LogP contribution in [0.1, 0.15) is 16.1 Å². The first-order chi connectivity index (χ1) is 11.5. The van der Waals surface area contributed by atoms with Gasteiger partial charge in [-0.3, -0.25) is 0 Å². The number of nitrogens with zero attached hydrogens (tertiary/aromatic N) is 2. The summed E-state index contributed by atoms with van der Waals surface area (Å²) in [5, 5.41) is 3.74. The minimum atomic E-state index is -0.238. The third-order valence-corrected chi connectivity index (χ3v) is 4.74. The van der Waals surface area contributed by atoms with Crippen molar-refractivity contribution in [3.63, 3.8) is 0 Å². The second kappa shape index (κ2) is 6.97.